The van der Waals surface area contributed by atoms with Crippen molar-refractivity contribution in [2.75, 3.05) is 71.6 Å². The highest BCUT2D eigenvalue weighted by atomic mass is 32.2. The van der Waals surface area contributed by atoms with E-state index in [9.17, 15) is 72.3 Å². The lowest BCUT2D eigenvalue weighted by Gasteiger charge is -2.31. The number of carbonyl (C=O) groups excluding carboxylic acids is 12. The zero-order valence-corrected chi connectivity index (χ0v) is 54.9. The Bertz CT molecular complexity index is 3110. The third kappa shape index (κ3) is 22.8. The van der Waals surface area contributed by atoms with Crippen LogP contribution in [-0.4, -0.2) is 210 Å². The molecule has 15 N–H and O–H groups in total. The number of hydrogen-bond donors (Lipinski definition) is 14. The molecule has 2 aliphatic carbocycles. The van der Waals surface area contributed by atoms with Gasteiger partial charge in [-0.2, -0.15) is 0 Å². The topological polar surface area (TPSA) is 470 Å². The third-order valence-corrected chi connectivity index (χ3v) is 19.1. The highest BCUT2D eigenvalue weighted by molar-refractivity contribution is 7.85. The molecule has 2 fully saturated rings. The van der Waals surface area contributed by atoms with Gasteiger partial charge < -0.3 is 92.8 Å². The summed E-state index contributed by atoms with van der Waals surface area (Å²) in [5.74, 6) is -15.1. The number of carbonyl (C=O) groups is 12. The number of ether oxygens (including phenoxy) is 4. The second kappa shape index (κ2) is 37.3. The van der Waals surface area contributed by atoms with Crippen molar-refractivity contribution < 1.29 is 96.0 Å². The number of allylic oxidation sites excluding steroid dienone is 1. The van der Waals surface area contributed by atoms with Crippen LogP contribution in [-0.2, 0) is 88.9 Å². The van der Waals surface area contributed by atoms with Crippen molar-refractivity contribution in [3.8, 4) is 5.75 Å². The molecular weight excluding hydrogens is 1260 g/mol. The Hall–Kier alpha value is -8.07. The molecule has 526 valence electrons. The van der Waals surface area contributed by atoms with Crippen molar-refractivity contribution in [1.82, 2.24) is 52.8 Å². The smallest absolute Gasteiger partial charge is 0.407 e. The molecule has 10 amide bonds. The first-order valence-electron chi connectivity index (χ1n) is 32.4. The second-order valence-electron chi connectivity index (χ2n) is 24.6. The number of benzene rings is 1. The van der Waals surface area contributed by atoms with Gasteiger partial charge in [-0.25, -0.2) is 4.79 Å². The largest absolute Gasteiger partial charge is 0.508 e. The van der Waals surface area contributed by atoms with Gasteiger partial charge in [-0.05, 0) is 73.5 Å². The van der Waals surface area contributed by atoms with Gasteiger partial charge in [-0.15, -0.1) is 6.58 Å². The van der Waals surface area contributed by atoms with Crippen LogP contribution in [0.2, 0.25) is 0 Å². The number of ketones is 1. The number of alkyl carbamates (subject to hydrolysis) is 1. The first-order chi connectivity index (χ1) is 45.3. The van der Waals surface area contributed by atoms with E-state index in [1.165, 1.54) is 25.1 Å². The van der Waals surface area contributed by atoms with E-state index < -0.39 is 199 Å². The minimum absolute atomic E-state index is 0.0178. The molecule has 2 aliphatic heterocycles. The number of aromatic hydroxyl groups is 1. The van der Waals surface area contributed by atoms with Crippen LogP contribution in [0.5, 0.6) is 5.75 Å². The fourth-order valence-electron chi connectivity index (χ4n) is 12.1. The zero-order chi connectivity index (χ0) is 69.5. The SMILES string of the molecule is C=CCCC1C(CCC)C1COC(=O)NCCOCCOCCNC(=O)CCCC(=O)OCC(O)C(C)C1NC(=O)C2CC(O)CC2C(=O)C(CC(N)=O)NC(=O)C2CS(=O)c3[nH]c4cc(O)ccc4c3CC(NC1=O)C(=O)NCC(=O)NC(C(C)CC)C(=O)NCC(=O)N2. The normalized spacial score (nSPS) is 26.5. The highest BCUT2D eigenvalue weighted by Crippen LogP contribution is 2.52. The number of amides is 10. The van der Waals surface area contributed by atoms with E-state index in [4.69, 9.17) is 24.7 Å². The summed E-state index contributed by atoms with van der Waals surface area (Å²) in [6, 6.07) is -4.75. The van der Waals surface area contributed by atoms with Gasteiger partial charge >= 0.3 is 12.1 Å². The van der Waals surface area contributed by atoms with Gasteiger partial charge in [-0.1, -0.05) is 53.0 Å². The molecule has 1 aromatic heterocycles. The lowest BCUT2D eigenvalue weighted by Crippen LogP contribution is -2.60. The number of Topliss-reactive ketones (excluding diaryl/α,β-unsaturated/α-hetero) is 1. The highest BCUT2D eigenvalue weighted by Gasteiger charge is 2.49. The summed E-state index contributed by atoms with van der Waals surface area (Å²) < 4.78 is 36.7. The van der Waals surface area contributed by atoms with Crippen LogP contribution >= 0.6 is 0 Å². The second-order valence-corrected chi connectivity index (χ2v) is 26.0. The Morgan fingerprint density at radius 3 is 2.13 bits per heavy atom. The Kier molecular flexibility index (Phi) is 29.8. The van der Waals surface area contributed by atoms with Crippen LogP contribution in [0, 0.1) is 41.4 Å². The van der Waals surface area contributed by atoms with Crippen molar-refractivity contribution in [3.05, 3.63) is 36.4 Å². The van der Waals surface area contributed by atoms with E-state index in [2.05, 4.69) is 66.3 Å². The van der Waals surface area contributed by atoms with Crippen molar-refractivity contribution >= 4 is 92.7 Å². The number of aromatic amines is 1. The third-order valence-electron chi connectivity index (χ3n) is 17.7. The number of phenols is 1. The fourth-order valence-corrected chi connectivity index (χ4v) is 13.5. The number of phenolic OH excluding ortho intramolecular Hbond substituents is 1. The van der Waals surface area contributed by atoms with Crippen LogP contribution in [0.15, 0.2) is 35.9 Å². The number of aliphatic hydroxyl groups is 2. The molecule has 3 heterocycles. The predicted octanol–water partition coefficient (Wildman–Crippen LogP) is -1.70. The van der Waals surface area contributed by atoms with Gasteiger partial charge in [0.2, 0.25) is 53.2 Å². The molecule has 2 bridgehead atoms. The lowest BCUT2D eigenvalue weighted by atomic mass is 9.85. The Labute approximate surface area is 552 Å². The standard InChI is InChI=1S/C63H93N11O20S/c1-6-9-12-38-37(11-7-2)43(38)30-94-63(89)66-18-20-92-22-21-91-19-17-65-50(79)13-10-14-53(82)93-31-48(77)34(5)55-61(88)71-46-26-42-39-16-15-35(75)25-44(39)72-62(42)95(90)32-47(69-51(80)28-68-60(87)54(33(4)8-3)73-52(81)29-67-58(46)85)59(86)70-45(27-49(64)78)56(83)40-23-36(76)24-41(40)57(84)74-55/h6,15-16,25,33-34,36-38,40-41,43,45-48,54-55,72,75-77H,1,7-14,17-24,26-32H2,2-5H3,(H2,64,78)(H,65,79)(H,66,89)(H,67,85)(H,68,87)(H,69,80)(H,70,86)(H,71,88)(H,73,81)(H,74,84). The maximum Gasteiger partial charge on any atom is 0.407 e. The number of aromatic nitrogens is 1. The number of nitrogens with two attached hydrogens (primary N) is 1. The molecule has 15 unspecified atom stereocenters. The van der Waals surface area contributed by atoms with Gasteiger partial charge in [-0.3, -0.25) is 56.9 Å². The maximum atomic E-state index is 15.0. The fraction of sp³-hybridized carbons (Fsp3) is 0.651. The monoisotopic (exact) mass is 1360 g/mol. The van der Waals surface area contributed by atoms with Crippen LogP contribution in [0.3, 0.4) is 0 Å². The summed E-state index contributed by atoms with van der Waals surface area (Å²) in [4.78, 5) is 168. The summed E-state index contributed by atoms with van der Waals surface area (Å²) in [6.07, 6.45) is 0.171. The summed E-state index contributed by atoms with van der Waals surface area (Å²) >= 11 is 0. The molecule has 15 atom stereocenters. The van der Waals surface area contributed by atoms with Gasteiger partial charge in [0.15, 0.2) is 5.78 Å². The van der Waals surface area contributed by atoms with E-state index in [-0.39, 0.29) is 86.0 Å². The van der Waals surface area contributed by atoms with Crippen molar-refractivity contribution in [2.24, 2.45) is 47.2 Å². The molecule has 95 heavy (non-hydrogen) atoms. The molecule has 2 aromatic rings. The molecule has 0 radical (unpaired) electrons. The van der Waals surface area contributed by atoms with E-state index in [0.29, 0.717) is 30.8 Å². The van der Waals surface area contributed by atoms with Crippen molar-refractivity contribution in [1.29, 1.82) is 0 Å². The van der Waals surface area contributed by atoms with Gasteiger partial charge in [0, 0.05) is 55.6 Å². The Balaban J connectivity index is 1.13. The van der Waals surface area contributed by atoms with Crippen molar-refractivity contribution in [2.45, 2.75) is 152 Å². The molecule has 1 aromatic carbocycles. The average molecular weight is 1360 g/mol. The summed E-state index contributed by atoms with van der Waals surface area (Å²) in [7, 11) is -2.44. The number of rotatable bonds is 28. The number of aliphatic hydroxyl groups excluding tert-OH is 2. The number of esters is 1. The average Bonchev–Trinajstić information content (AvgIpc) is 1.66. The molecule has 0 saturated heterocycles. The molecule has 31 nitrogen and oxygen atoms in total. The molecular formula is C63H93N11O20S. The maximum absolute atomic E-state index is 15.0. The minimum Gasteiger partial charge on any atom is -0.508 e. The van der Waals surface area contributed by atoms with Crippen molar-refractivity contribution in [3.63, 3.8) is 0 Å². The minimum atomic E-state index is -2.44. The molecule has 6 rings (SSSR count). The summed E-state index contributed by atoms with van der Waals surface area (Å²) in [5.41, 5.74) is 5.76. The summed E-state index contributed by atoms with van der Waals surface area (Å²) in [5, 5.41) is 55.9. The van der Waals surface area contributed by atoms with E-state index in [1.54, 1.807) is 13.8 Å². The number of nitrogens with one attached hydrogen (secondary N) is 10. The number of primary amides is 1. The van der Waals surface area contributed by atoms with Gasteiger partial charge in [0.1, 0.15) is 41.5 Å². The molecule has 2 saturated carbocycles. The van der Waals surface area contributed by atoms with E-state index in [0.717, 1.165) is 25.7 Å². The van der Waals surface area contributed by atoms with Crippen LogP contribution < -0.4 is 53.6 Å². The first kappa shape index (κ1) is 76.0. The number of H-pyrrole nitrogens is 1. The van der Waals surface area contributed by atoms with Gasteiger partial charge in [0.25, 0.3) is 0 Å². The van der Waals surface area contributed by atoms with Crippen LogP contribution in [0.25, 0.3) is 10.9 Å². The quantitative estimate of drug-likeness (QED) is 0.0256. The molecule has 4 aliphatic rings. The summed E-state index contributed by atoms with van der Waals surface area (Å²) in [6.45, 7) is 9.84. The number of hydrogen-bond acceptors (Lipinski definition) is 20. The van der Waals surface area contributed by atoms with E-state index in [1.807, 2.05) is 6.08 Å². The van der Waals surface area contributed by atoms with Gasteiger partial charge in [0.05, 0.1) is 98.8 Å². The first-order valence-corrected chi connectivity index (χ1v) is 33.7. The number of fused-ring (bicyclic) bond motifs is 5. The molecule has 0 spiro atoms. The van der Waals surface area contributed by atoms with Crippen LogP contribution in [0.4, 0.5) is 4.79 Å². The molecule has 32 heteroatoms. The Morgan fingerprint density at radius 2 is 1.44 bits per heavy atom. The zero-order valence-electron chi connectivity index (χ0n) is 54.1. The van der Waals surface area contributed by atoms with Crippen LogP contribution in [0.1, 0.15) is 104 Å². The predicted molar refractivity (Wildman–Crippen MR) is 340 cm³/mol. The lowest BCUT2D eigenvalue weighted by molar-refractivity contribution is -0.149. The van der Waals surface area contributed by atoms with E-state index >= 15 is 4.79 Å². The Morgan fingerprint density at radius 1 is 0.768 bits per heavy atom.